The summed E-state index contributed by atoms with van der Waals surface area (Å²) in [5, 5.41) is 0. The van der Waals surface area contributed by atoms with Gasteiger partial charge in [-0.25, -0.2) is 0 Å². The number of morpholine rings is 1. The van der Waals surface area contributed by atoms with E-state index in [0.717, 1.165) is 13.1 Å². The zero-order chi connectivity index (χ0) is 13.0. The van der Waals surface area contributed by atoms with Gasteiger partial charge in [0.1, 0.15) is 0 Å². The molecule has 1 aromatic carbocycles. The van der Waals surface area contributed by atoms with E-state index in [4.69, 9.17) is 9.47 Å². The van der Waals surface area contributed by atoms with Crippen molar-refractivity contribution in [3.05, 3.63) is 48.2 Å². The highest BCUT2D eigenvalue weighted by Crippen LogP contribution is 2.19. The Balaban J connectivity index is 1.98. The quantitative estimate of drug-likeness (QED) is 0.764. The molecule has 1 aliphatic heterocycles. The van der Waals surface area contributed by atoms with Crippen LogP contribution in [-0.2, 0) is 16.0 Å². The van der Waals surface area contributed by atoms with Crippen LogP contribution >= 0.6 is 0 Å². The van der Waals surface area contributed by atoms with E-state index < -0.39 is 0 Å². The highest BCUT2D eigenvalue weighted by atomic mass is 16.7. The molecule has 1 aromatic rings. The molecule has 0 amide bonds. The molecule has 2 unspecified atom stereocenters. The maximum atomic E-state index is 5.64. The molecular formula is C15H21NO2. The molecule has 1 saturated heterocycles. The summed E-state index contributed by atoms with van der Waals surface area (Å²) in [4.78, 5) is 2.38. The normalized spacial score (nSPS) is 24.8. The average molecular weight is 247 g/mol. The maximum absolute atomic E-state index is 5.64. The van der Waals surface area contributed by atoms with Crippen LogP contribution in [0.3, 0.4) is 0 Å². The van der Waals surface area contributed by atoms with Gasteiger partial charge in [-0.3, -0.25) is 4.90 Å². The fraction of sp³-hybridized carbons (Fsp3) is 0.467. The summed E-state index contributed by atoms with van der Waals surface area (Å²) in [6.07, 6.45) is -0.208. The van der Waals surface area contributed by atoms with E-state index in [2.05, 4.69) is 42.7 Å². The second-order valence-corrected chi connectivity index (χ2v) is 4.76. The second-order valence-electron chi connectivity index (χ2n) is 4.76. The van der Waals surface area contributed by atoms with Crippen molar-refractivity contribution in [3.63, 3.8) is 0 Å². The topological polar surface area (TPSA) is 21.7 Å². The maximum Gasteiger partial charge on any atom is 0.214 e. The number of allylic oxidation sites excluding steroid dienone is 1. The van der Waals surface area contributed by atoms with Crippen molar-refractivity contribution in [2.24, 2.45) is 0 Å². The number of benzene rings is 1. The molecule has 98 valence electrons. The van der Waals surface area contributed by atoms with Crippen molar-refractivity contribution in [3.8, 4) is 0 Å². The SMILES string of the molecule is C=C(C)OC1OCCN(Cc2ccccc2)C1C. The number of rotatable bonds is 4. The minimum atomic E-state index is -0.208. The fourth-order valence-electron chi connectivity index (χ4n) is 2.17. The lowest BCUT2D eigenvalue weighted by Crippen LogP contribution is -2.50. The molecule has 3 heteroatoms. The van der Waals surface area contributed by atoms with Crippen LogP contribution in [0.2, 0.25) is 0 Å². The number of hydrogen-bond donors (Lipinski definition) is 0. The minimum absolute atomic E-state index is 0.208. The highest BCUT2D eigenvalue weighted by Gasteiger charge is 2.30. The Morgan fingerprint density at radius 1 is 1.44 bits per heavy atom. The van der Waals surface area contributed by atoms with E-state index in [0.29, 0.717) is 12.4 Å². The van der Waals surface area contributed by atoms with Crippen molar-refractivity contribution < 1.29 is 9.47 Å². The first-order chi connectivity index (χ1) is 8.66. The van der Waals surface area contributed by atoms with E-state index in [1.165, 1.54) is 5.56 Å². The Morgan fingerprint density at radius 2 is 2.17 bits per heavy atom. The summed E-state index contributed by atoms with van der Waals surface area (Å²) >= 11 is 0. The third-order valence-electron chi connectivity index (χ3n) is 3.18. The van der Waals surface area contributed by atoms with Gasteiger partial charge in [-0.15, -0.1) is 0 Å². The smallest absolute Gasteiger partial charge is 0.214 e. The van der Waals surface area contributed by atoms with Gasteiger partial charge >= 0.3 is 0 Å². The summed E-state index contributed by atoms with van der Waals surface area (Å²) in [7, 11) is 0. The Morgan fingerprint density at radius 3 is 2.83 bits per heavy atom. The average Bonchev–Trinajstić information content (AvgIpc) is 2.35. The van der Waals surface area contributed by atoms with Gasteiger partial charge in [0.2, 0.25) is 6.29 Å². The monoisotopic (exact) mass is 247 g/mol. The van der Waals surface area contributed by atoms with Crippen LogP contribution < -0.4 is 0 Å². The molecule has 0 N–H and O–H groups in total. The van der Waals surface area contributed by atoms with E-state index in [1.54, 1.807) is 0 Å². The molecule has 0 spiro atoms. The zero-order valence-corrected chi connectivity index (χ0v) is 11.1. The lowest BCUT2D eigenvalue weighted by Gasteiger charge is -2.39. The molecular weight excluding hydrogens is 226 g/mol. The molecule has 1 fully saturated rings. The highest BCUT2D eigenvalue weighted by molar-refractivity contribution is 5.14. The van der Waals surface area contributed by atoms with Crippen LogP contribution in [0.15, 0.2) is 42.7 Å². The van der Waals surface area contributed by atoms with Crippen LogP contribution in [0, 0.1) is 0 Å². The van der Waals surface area contributed by atoms with E-state index >= 15 is 0 Å². The van der Waals surface area contributed by atoms with Crippen LogP contribution in [0.1, 0.15) is 19.4 Å². The standard InChI is InChI=1S/C15H21NO2/c1-12(2)18-15-13(3)16(9-10-17-15)11-14-7-5-4-6-8-14/h4-8,13,15H,1,9-11H2,2-3H3. The fourth-order valence-corrected chi connectivity index (χ4v) is 2.17. The number of ether oxygens (including phenoxy) is 2. The van der Waals surface area contributed by atoms with Gasteiger partial charge in [0.05, 0.1) is 18.4 Å². The van der Waals surface area contributed by atoms with Gasteiger partial charge in [-0.05, 0) is 19.4 Å². The van der Waals surface area contributed by atoms with Crippen molar-refractivity contribution in [1.82, 2.24) is 4.90 Å². The van der Waals surface area contributed by atoms with Crippen molar-refractivity contribution >= 4 is 0 Å². The summed E-state index contributed by atoms with van der Waals surface area (Å²) in [5.41, 5.74) is 1.32. The first-order valence-electron chi connectivity index (χ1n) is 6.38. The van der Waals surface area contributed by atoms with Gasteiger partial charge in [0.25, 0.3) is 0 Å². The first-order valence-corrected chi connectivity index (χ1v) is 6.38. The molecule has 2 atom stereocenters. The van der Waals surface area contributed by atoms with Gasteiger partial charge < -0.3 is 9.47 Å². The molecule has 1 aliphatic rings. The van der Waals surface area contributed by atoms with Crippen LogP contribution in [0.25, 0.3) is 0 Å². The van der Waals surface area contributed by atoms with E-state index in [-0.39, 0.29) is 12.3 Å². The first kappa shape index (κ1) is 13.1. The predicted molar refractivity (Wildman–Crippen MR) is 72.0 cm³/mol. The summed E-state index contributed by atoms with van der Waals surface area (Å²) in [6.45, 7) is 10.3. The summed E-state index contributed by atoms with van der Waals surface area (Å²) in [5.74, 6) is 0.702. The number of hydrogen-bond acceptors (Lipinski definition) is 3. The Labute approximate surface area is 109 Å². The lowest BCUT2D eigenvalue weighted by atomic mass is 10.1. The molecule has 1 heterocycles. The minimum Gasteiger partial charge on any atom is -0.469 e. The molecule has 0 aromatic heterocycles. The third kappa shape index (κ3) is 3.34. The Bertz CT molecular complexity index is 391. The molecule has 0 bridgehead atoms. The second kappa shape index (κ2) is 6.03. The van der Waals surface area contributed by atoms with Gasteiger partial charge in [-0.1, -0.05) is 36.9 Å². The van der Waals surface area contributed by atoms with Crippen LogP contribution in [-0.4, -0.2) is 30.4 Å². The summed E-state index contributed by atoms with van der Waals surface area (Å²) < 4.78 is 11.3. The van der Waals surface area contributed by atoms with Crippen molar-refractivity contribution in [2.45, 2.75) is 32.7 Å². The summed E-state index contributed by atoms with van der Waals surface area (Å²) in [6, 6.07) is 10.7. The molecule has 18 heavy (non-hydrogen) atoms. The van der Waals surface area contributed by atoms with Gasteiger partial charge in [0.15, 0.2) is 0 Å². The van der Waals surface area contributed by atoms with Crippen molar-refractivity contribution in [1.29, 1.82) is 0 Å². The van der Waals surface area contributed by atoms with E-state index in [1.807, 2.05) is 13.0 Å². The van der Waals surface area contributed by atoms with Crippen LogP contribution in [0.5, 0.6) is 0 Å². The van der Waals surface area contributed by atoms with Gasteiger partial charge in [-0.2, -0.15) is 0 Å². The predicted octanol–water partition coefficient (Wildman–Crippen LogP) is 2.78. The molecule has 2 rings (SSSR count). The van der Waals surface area contributed by atoms with E-state index in [9.17, 15) is 0 Å². The number of nitrogens with zero attached hydrogens (tertiary/aromatic N) is 1. The Kier molecular flexibility index (Phi) is 4.39. The van der Waals surface area contributed by atoms with Crippen molar-refractivity contribution in [2.75, 3.05) is 13.2 Å². The van der Waals surface area contributed by atoms with Crippen LogP contribution in [0.4, 0.5) is 0 Å². The zero-order valence-electron chi connectivity index (χ0n) is 11.1. The third-order valence-corrected chi connectivity index (χ3v) is 3.18. The molecule has 0 radical (unpaired) electrons. The van der Waals surface area contributed by atoms with Gasteiger partial charge in [0, 0.05) is 13.1 Å². The molecule has 0 saturated carbocycles. The largest absolute Gasteiger partial charge is 0.469 e. The lowest BCUT2D eigenvalue weighted by molar-refractivity contribution is -0.187. The Hall–Kier alpha value is -1.32. The molecule has 3 nitrogen and oxygen atoms in total. The molecule has 0 aliphatic carbocycles.